The third-order valence-corrected chi connectivity index (χ3v) is 1.50. The van der Waals surface area contributed by atoms with E-state index in [4.69, 9.17) is 0 Å². The number of esters is 1. The summed E-state index contributed by atoms with van der Waals surface area (Å²) < 4.78 is 4.65. The highest BCUT2D eigenvalue weighted by molar-refractivity contribution is 5.75. The van der Waals surface area contributed by atoms with Crippen LogP contribution in [0.3, 0.4) is 0 Å². The number of hydrogen-bond acceptors (Lipinski definition) is 3. The molecule has 0 aliphatic rings. The van der Waals surface area contributed by atoms with Crippen LogP contribution >= 0.6 is 0 Å². The summed E-state index contributed by atoms with van der Waals surface area (Å²) in [4.78, 5) is 11.1. The van der Waals surface area contributed by atoms with Crippen LogP contribution in [0.5, 0.6) is 0 Å². The van der Waals surface area contributed by atoms with E-state index in [-0.39, 0.29) is 17.6 Å². The number of carbonyl (C=O) groups is 1. The van der Waals surface area contributed by atoms with E-state index in [1.54, 1.807) is 0 Å². The molecular weight excluding hydrogens is 154 g/mol. The number of ether oxygens (including phenoxy) is 1. The molecule has 1 N–H and O–H groups in total. The molecule has 0 saturated carbocycles. The smallest absolute Gasteiger partial charge is 0.322 e. The third kappa shape index (κ3) is 4.34. The number of nitrogens with one attached hydrogen (secondary N) is 1. The molecule has 1 unspecified atom stereocenters. The van der Waals surface area contributed by atoms with E-state index in [0.29, 0.717) is 0 Å². The Labute approximate surface area is 74.5 Å². The molecule has 0 fully saturated rings. The number of rotatable bonds is 3. The fraction of sp³-hybridized carbons (Fsp3) is 0.889. The lowest BCUT2D eigenvalue weighted by Gasteiger charge is -2.25. The van der Waals surface area contributed by atoms with Crippen molar-refractivity contribution in [3.05, 3.63) is 0 Å². The van der Waals surface area contributed by atoms with Crippen molar-refractivity contribution in [3.63, 3.8) is 0 Å². The van der Waals surface area contributed by atoms with Crippen LogP contribution in [0.4, 0.5) is 0 Å². The lowest BCUT2D eigenvalue weighted by molar-refractivity contribution is -0.143. The van der Waals surface area contributed by atoms with E-state index in [9.17, 15) is 4.79 Å². The standard InChI is InChI=1S/C9H19NO2/c1-6-7(8(11)12-5)10-9(2,3)4/h7,10H,6H2,1-5H3. The molecule has 3 nitrogen and oxygen atoms in total. The summed E-state index contributed by atoms with van der Waals surface area (Å²) in [7, 11) is 1.41. The number of methoxy groups -OCH3 is 1. The summed E-state index contributed by atoms with van der Waals surface area (Å²) in [6.07, 6.45) is 0.754. The van der Waals surface area contributed by atoms with Gasteiger partial charge in [-0.25, -0.2) is 0 Å². The van der Waals surface area contributed by atoms with Crippen molar-refractivity contribution in [2.75, 3.05) is 7.11 Å². The largest absolute Gasteiger partial charge is 0.468 e. The van der Waals surface area contributed by atoms with E-state index in [1.807, 2.05) is 27.7 Å². The van der Waals surface area contributed by atoms with Gasteiger partial charge in [-0.05, 0) is 27.2 Å². The van der Waals surface area contributed by atoms with Crippen LogP contribution < -0.4 is 5.32 Å². The second kappa shape index (κ2) is 4.45. The van der Waals surface area contributed by atoms with Crippen molar-refractivity contribution < 1.29 is 9.53 Å². The molecule has 72 valence electrons. The molecule has 0 spiro atoms. The van der Waals surface area contributed by atoms with Gasteiger partial charge >= 0.3 is 5.97 Å². The Morgan fingerprint density at radius 3 is 2.25 bits per heavy atom. The summed E-state index contributed by atoms with van der Waals surface area (Å²) in [6, 6.07) is -0.185. The minimum atomic E-state index is -0.188. The van der Waals surface area contributed by atoms with E-state index < -0.39 is 0 Å². The molecule has 0 rings (SSSR count). The summed E-state index contributed by atoms with van der Waals surface area (Å²) >= 11 is 0. The third-order valence-electron chi connectivity index (χ3n) is 1.50. The highest BCUT2D eigenvalue weighted by atomic mass is 16.5. The highest BCUT2D eigenvalue weighted by Gasteiger charge is 2.22. The van der Waals surface area contributed by atoms with Crippen LogP contribution in [0.25, 0.3) is 0 Å². The lowest BCUT2D eigenvalue weighted by atomic mass is 10.1. The molecule has 0 aromatic heterocycles. The van der Waals surface area contributed by atoms with Crippen molar-refractivity contribution in [3.8, 4) is 0 Å². The first kappa shape index (κ1) is 11.4. The topological polar surface area (TPSA) is 38.3 Å². The molecule has 12 heavy (non-hydrogen) atoms. The minimum absolute atomic E-state index is 0.0468. The molecule has 0 aromatic carbocycles. The first-order valence-corrected chi connectivity index (χ1v) is 4.26. The Morgan fingerprint density at radius 1 is 1.50 bits per heavy atom. The molecule has 0 radical (unpaired) electrons. The Balaban J connectivity index is 4.09. The summed E-state index contributed by atoms with van der Waals surface area (Å²) in [5, 5.41) is 3.18. The Morgan fingerprint density at radius 2 is 2.00 bits per heavy atom. The zero-order valence-corrected chi connectivity index (χ0v) is 8.60. The normalized spacial score (nSPS) is 14.1. The van der Waals surface area contributed by atoms with Crippen LogP contribution in [-0.4, -0.2) is 24.7 Å². The molecule has 3 heteroatoms. The number of carbonyl (C=O) groups excluding carboxylic acids is 1. The van der Waals surface area contributed by atoms with Gasteiger partial charge in [0.2, 0.25) is 0 Å². The molecule has 0 aromatic rings. The first-order chi connectivity index (χ1) is 5.40. The maximum absolute atomic E-state index is 11.1. The molecule has 0 aliphatic heterocycles. The zero-order valence-electron chi connectivity index (χ0n) is 8.60. The Kier molecular flexibility index (Phi) is 4.24. The monoisotopic (exact) mass is 173 g/mol. The van der Waals surface area contributed by atoms with Gasteiger partial charge in [-0.3, -0.25) is 10.1 Å². The van der Waals surface area contributed by atoms with Gasteiger partial charge in [0.05, 0.1) is 7.11 Å². The molecule has 0 heterocycles. The van der Waals surface area contributed by atoms with E-state index >= 15 is 0 Å². The molecule has 0 saturated heterocycles. The van der Waals surface area contributed by atoms with E-state index in [2.05, 4.69) is 10.1 Å². The zero-order chi connectivity index (χ0) is 9.78. The van der Waals surface area contributed by atoms with E-state index in [0.717, 1.165) is 6.42 Å². The van der Waals surface area contributed by atoms with Crippen LogP contribution in [0.15, 0.2) is 0 Å². The second-order valence-electron chi connectivity index (χ2n) is 3.88. The van der Waals surface area contributed by atoms with Crippen LogP contribution in [0.1, 0.15) is 34.1 Å². The van der Waals surface area contributed by atoms with Gasteiger partial charge in [-0.2, -0.15) is 0 Å². The van der Waals surface area contributed by atoms with Crippen molar-refractivity contribution in [2.24, 2.45) is 0 Å². The van der Waals surface area contributed by atoms with Gasteiger partial charge in [0.25, 0.3) is 0 Å². The van der Waals surface area contributed by atoms with Gasteiger partial charge in [-0.1, -0.05) is 6.92 Å². The van der Waals surface area contributed by atoms with Crippen LogP contribution in [-0.2, 0) is 9.53 Å². The quantitative estimate of drug-likeness (QED) is 0.654. The van der Waals surface area contributed by atoms with Gasteiger partial charge in [-0.15, -0.1) is 0 Å². The summed E-state index contributed by atoms with van der Waals surface area (Å²) in [5.41, 5.74) is -0.0468. The molecule has 0 bridgehead atoms. The molecular formula is C9H19NO2. The van der Waals surface area contributed by atoms with Crippen molar-refractivity contribution >= 4 is 5.97 Å². The fourth-order valence-electron chi connectivity index (χ4n) is 0.993. The van der Waals surface area contributed by atoms with Crippen LogP contribution in [0.2, 0.25) is 0 Å². The van der Waals surface area contributed by atoms with Crippen LogP contribution in [0, 0.1) is 0 Å². The maximum atomic E-state index is 11.1. The first-order valence-electron chi connectivity index (χ1n) is 4.26. The average Bonchev–Trinajstić information content (AvgIpc) is 1.97. The minimum Gasteiger partial charge on any atom is -0.468 e. The molecule has 1 atom stereocenters. The molecule has 0 amide bonds. The van der Waals surface area contributed by atoms with Gasteiger partial charge in [0.15, 0.2) is 0 Å². The Hall–Kier alpha value is -0.570. The maximum Gasteiger partial charge on any atom is 0.322 e. The van der Waals surface area contributed by atoms with E-state index in [1.165, 1.54) is 7.11 Å². The van der Waals surface area contributed by atoms with Gasteiger partial charge in [0, 0.05) is 5.54 Å². The predicted octanol–water partition coefficient (Wildman–Crippen LogP) is 1.33. The highest BCUT2D eigenvalue weighted by Crippen LogP contribution is 2.04. The fourth-order valence-corrected chi connectivity index (χ4v) is 0.993. The van der Waals surface area contributed by atoms with Crippen molar-refractivity contribution in [1.29, 1.82) is 0 Å². The van der Waals surface area contributed by atoms with Crippen molar-refractivity contribution in [1.82, 2.24) is 5.32 Å². The molecule has 0 aliphatic carbocycles. The number of hydrogen-bond donors (Lipinski definition) is 1. The predicted molar refractivity (Wildman–Crippen MR) is 49.0 cm³/mol. The SMILES string of the molecule is CCC(NC(C)(C)C)C(=O)OC. The van der Waals surface area contributed by atoms with Crippen molar-refractivity contribution in [2.45, 2.75) is 45.7 Å². The Bertz CT molecular complexity index is 149. The summed E-state index contributed by atoms with van der Waals surface area (Å²) in [5.74, 6) is -0.188. The average molecular weight is 173 g/mol. The summed E-state index contributed by atoms with van der Waals surface area (Å²) in [6.45, 7) is 8.04. The lowest BCUT2D eigenvalue weighted by Crippen LogP contribution is -2.47. The second-order valence-corrected chi connectivity index (χ2v) is 3.88. The van der Waals surface area contributed by atoms with Gasteiger partial charge in [0.1, 0.15) is 6.04 Å². The van der Waals surface area contributed by atoms with Gasteiger partial charge < -0.3 is 4.74 Å².